The molecule has 2 amide bonds. The average molecular weight is 336 g/mol. The van der Waals surface area contributed by atoms with Crippen LogP contribution in [0.4, 0.5) is 5.69 Å². The molecule has 1 aliphatic rings. The van der Waals surface area contributed by atoms with E-state index in [1.54, 1.807) is 4.90 Å². The molecule has 0 aromatic heterocycles. The van der Waals surface area contributed by atoms with Gasteiger partial charge in [-0.05, 0) is 44.4 Å². The Balaban J connectivity index is 1.70. The summed E-state index contributed by atoms with van der Waals surface area (Å²) < 4.78 is 0. The number of para-hydroxylation sites is 1. The van der Waals surface area contributed by atoms with Gasteiger partial charge >= 0.3 is 0 Å². The van der Waals surface area contributed by atoms with Crippen molar-refractivity contribution in [2.75, 3.05) is 11.4 Å². The van der Waals surface area contributed by atoms with Crippen molar-refractivity contribution >= 4 is 17.5 Å². The number of carbonyl (C=O) groups is 2. The van der Waals surface area contributed by atoms with Gasteiger partial charge in [0.1, 0.15) is 5.41 Å². The molecule has 2 aromatic carbocycles. The maximum Gasteiger partial charge on any atom is 0.242 e. The van der Waals surface area contributed by atoms with Gasteiger partial charge in [0, 0.05) is 18.8 Å². The maximum atomic E-state index is 13.0. The molecule has 2 aromatic rings. The summed E-state index contributed by atoms with van der Waals surface area (Å²) >= 11 is 0. The van der Waals surface area contributed by atoms with Crippen molar-refractivity contribution in [3.8, 4) is 0 Å². The molecule has 0 unspecified atom stereocenters. The lowest BCUT2D eigenvalue weighted by atomic mass is 10.0. The predicted octanol–water partition coefficient (Wildman–Crippen LogP) is 3.44. The molecule has 0 aliphatic heterocycles. The van der Waals surface area contributed by atoms with Crippen LogP contribution in [0.25, 0.3) is 0 Å². The van der Waals surface area contributed by atoms with E-state index < -0.39 is 5.41 Å². The Bertz CT molecular complexity index is 766. The van der Waals surface area contributed by atoms with Gasteiger partial charge in [-0.2, -0.15) is 0 Å². The Hall–Kier alpha value is -2.62. The molecule has 0 heterocycles. The number of aryl methyl sites for hydroxylation is 1. The number of nitrogens with zero attached hydrogens (tertiary/aromatic N) is 1. The summed E-state index contributed by atoms with van der Waals surface area (Å²) in [5.74, 6) is -0.253. The van der Waals surface area contributed by atoms with Crippen LogP contribution in [0.2, 0.25) is 0 Å². The number of hydrogen-bond donors (Lipinski definition) is 1. The average Bonchev–Trinajstić information content (AvgIpc) is 3.43. The first kappa shape index (κ1) is 17.2. The summed E-state index contributed by atoms with van der Waals surface area (Å²) in [5.41, 5.74) is 2.15. The molecule has 1 fully saturated rings. The van der Waals surface area contributed by atoms with E-state index in [-0.39, 0.29) is 11.8 Å². The summed E-state index contributed by atoms with van der Waals surface area (Å²) in [6, 6.07) is 17.6. The van der Waals surface area contributed by atoms with Gasteiger partial charge in [0.2, 0.25) is 11.8 Å². The van der Waals surface area contributed by atoms with E-state index in [0.29, 0.717) is 25.9 Å². The molecule has 3 rings (SSSR count). The standard InChI is InChI=1S/C21H24N2O2/c1-3-23(18-10-5-4-6-11-18)20(25)21(12-13-21)19(24)22-15-17-9-7-8-16(2)14-17/h4-11,14H,3,12-13,15H2,1-2H3,(H,22,24). The fourth-order valence-corrected chi connectivity index (χ4v) is 3.15. The van der Waals surface area contributed by atoms with E-state index in [0.717, 1.165) is 16.8 Å². The van der Waals surface area contributed by atoms with Crippen LogP contribution in [-0.2, 0) is 16.1 Å². The van der Waals surface area contributed by atoms with Gasteiger partial charge in [-0.1, -0.05) is 48.0 Å². The summed E-state index contributed by atoms with van der Waals surface area (Å²) in [5, 5.41) is 2.95. The van der Waals surface area contributed by atoms with Gasteiger partial charge in [0.25, 0.3) is 0 Å². The molecule has 130 valence electrons. The van der Waals surface area contributed by atoms with Crippen molar-refractivity contribution in [3.63, 3.8) is 0 Å². The minimum Gasteiger partial charge on any atom is -0.351 e. The number of nitrogens with one attached hydrogen (secondary N) is 1. The van der Waals surface area contributed by atoms with Crippen LogP contribution in [0, 0.1) is 12.3 Å². The Morgan fingerprint density at radius 1 is 1.08 bits per heavy atom. The van der Waals surface area contributed by atoms with E-state index in [1.807, 2.05) is 68.4 Å². The molecule has 0 saturated heterocycles. The maximum absolute atomic E-state index is 13.0. The van der Waals surface area contributed by atoms with E-state index in [1.165, 1.54) is 0 Å². The van der Waals surface area contributed by atoms with Crippen LogP contribution in [0.5, 0.6) is 0 Å². The molecule has 1 N–H and O–H groups in total. The highest BCUT2D eigenvalue weighted by Crippen LogP contribution is 2.48. The van der Waals surface area contributed by atoms with Crippen molar-refractivity contribution in [2.24, 2.45) is 5.41 Å². The van der Waals surface area contributed by atoms with Crippen molar-refractivity contribution in [1.29, 1.82) is 0 Å². The molecule has 1 aliphatic carbocycles. The molecule has 25 heavy (non-hydrogen) atoms. The number of hydrogen-bond acceptors (Lipinski definition) is 2. The first-order valence-electron chi connectivity index (χ1n) is 8.78. The highest BCUT2D eigenvalue weighted by molar-refractivity contribution is 6.14. The summed E-state index contributed by atoms with van der Waals surface area (Å²) in [6.45, 7) is 4.96. The number of benzene rings is 2. The van der Waals surface area contributed by atoms with Crippen LogP contribution < -0.4 is 10.2 Å². The molecule has 0 spiro atoms. The Kier molecular flexibility index (Phi) is 4.88. The normalized spacial score (nSPS) is 14.6. The van der Waals surface area contributed by atoms with E-state index in [2.05, 4.69) is 5.32 Å². The fourth-order valence-electron chi connectivity index (χ4n) is 3.15. The highest BCUT2D eigenvalue weighted by Gasteiger charge is 2.57. The van der Waals surface area contributed by atoms with Gasteiger partial charge in [-0.15, -0.1) is 0 Å². The number of carbonyl (C=O) groups excluding carboxylic acids is 2. The van der Waals surface area contributed by atoms with Crippen LogP contribution in [0.15, 0.2) is 54.6 Å². The van der Waals surface area contributed by atoms with Gasteiger partial charge in [-0.3, -0.25) is 9.59 Å². The van der Waals surface area contributed by atoms with Gasteiger partial charge in [0.05, 0.1) is 0 Å². The number of amides is 2. The van der Waals surface area contributed by atoms with Gasteiger partial charge < -0.3 is 10.2 Å². The quantitative estimate of drug-likeness (QED) is 0.822. The third kappa shape index (κ3) is 3.58. The first-order chi connectivity index (χ1) is 12.1. The number of rotatable bonds is 6. The fraction of sp³-hybridized carbons (Fsp3) is 0.333. The molecular formula is C21H24N2O2. The second-order valence-electron chi connectivity index (χ2n) is 6.64. The zero-order chi connectivity index (χ0) is 17.9. The van der Waals surface area contributed by atoms with Crippen LogP contribution >= 0.6 is 0 Å². The molecule has 0 radical (unpaired) electrons. The lowest BCUT2D eigenvalue weighted by Crippen LogP contribution is -2.45. The Labute approximate surface area is 148 Å². The van der Waals surface area contributed by atoms with Crippen LogP contribution in [0.1, 0.15) is 30.9 Å². The lowest BCUT2D eigenvalue weighted by molar-refractivity contribution is -0.135. The molecule has 4 nitrogen and oxygen atoms in total. The molecule has 4 heteroatoms. The lowest BCUT2D eigenvalue weighted by Gasteiger charge is -2.26. The largest absolute Gasteiger partial charge is 0.351 e. The first-order valence-corrected chi connectivity index (χ1v) is 8.78. The zero-order valence-electron chi connectivity index (χ0n) is 14.8. The van der Waals surface area contributed by atoms with E-state index in [4.69, 9.17) is 0 Å². The van der Waals surface area contributed by atoms with E-state index >= 15 is 0 Å². The van der Waals surface area contributed by atoms with Crippen LogP contribution in [-0.4, -0.2) is 18.4 Å². The second-order valence-corrected chi connectivity index (χ2v) is 6.64. The summed E-state index contributed by atoms with van der Waals surface area (Å²) in [6.07, 6.45) is 1.24. The second kappa shape index (κ2) is 7.09. The minimum absolute atomic E-state index is 0.0945. The van der Waals surface area contributed by atoms with Crippen molar-refractivity contribution in [2.45, 2.75) is 33.2 Å². The predicted molar refractivity (Wildman–Crippen MR) is 99.2 cm³/mol. The van der Waals surface area contributed by atoms with Crippen LogP contribution in [0.3, 0.4) is 0 Å². The zero-order valence-corrected chi connectivity index (χ0v) is 14.8. The molecule has 0 bridgehead atoms. The topological polar surface area (TPSA) is 49.4 Å². The Morgan fingerprint density at radius 2 is 1.80 bits per heavy atom. The molecular weight excluding hydrogens is 312 g/mol. The van der Waals surface area contributed by atoms with Crippen molar-refractivity contribution in [1.82, 2.24) is 5.32 Å². The summed E-state index contributed by atoms with van der Waals surface area (Å²) in [7, 11) is 0. The van der Waals surface area contributed by atoms with Crippen molar-refractivity contribution < 1.29 is 9.59 Å². The Morgan fingerprint density at radius 3 is 2.40 bits per heavy atom. The number of anilines is 1. The molecule has 1 saturated carbocycles. The highest BCUT2D eigenvalue weighted by atomic mass is 16.2. The monoisotopic (exact) mass is 336 g/mol. The van der Waals surface area contributed by atoms with Gasteiger partial charge in [-0.25, -0.2) is 0 Å². The SMILES string of the molecule is CCN(C(=O)C1(C(=O)NCc2cccc(C)c2)CC1)c1ccccc1. The molecule has 0 atom stereocenters. The third-order valence-electron chi connectivity index (χ3n) is 4.76. The summed E-state index contributed by atoms with van der Waals surface area (Å²) in [4.78, 5) is 27.5. The third-order valence-corrected chi connectivity index (χ3v) is 4.76. The van der Waals surface area contributed by atoms with E-state index in [9.17, 15) is 9.59 Å². The smallest absolute Gasteiger partial charge is 0.242 e. The van der Waals surface area contributed by atoms with Crippen molar-refractivity contribution in [3.05, 3.63) is 65.7 Å². The van der Waals surface area contributed by atoms with Gasteiger partial charge in [0.15, 0.2) is 0 Å². The minimum atomic E-state index is -0.893.